The molecule has 2 nitrogen and oxygen atoms in total. The van der Waals surface area contributed by atoms with Crippen molar-refractivity contribution in [2.24, 2.45) is 0 Å². The van der Waals surface area contributed by atoms with Gasteiger partial charge in [-0.15, -0.1) is 6.58 Å². The summed E-state index contributed by atoms with van der Waals surface area (Å²) in [4.78, 5) is 12.6. The van der Waals surface area contributed by atoms with Crippen molar-refractivity contribution >= 4 is 21.9 Å². The Labute approximate surface area is 122 Å². The molecule has 1 aromatic carbocycles. The molecular formula is C16H17BrO2. The lowest BCUT2D eigenvalue weighted by molar-refractivity contribution is -0.136. The molecule has 100 valence electrons. The summed E-state index contributed by atoms with van der Waals surface area (Å²) in [6.07, 6.45) is 7.01. The van der Waals surface area contributed by atoms with Crippen molar-refractivity contribution in [1.82, 2.24) is 0 Å². The highest BCUT2D eigenvalue weighted by Gasteiger charge is 2.18. The Balaban J connectivity index is 2.67. The average molecular weight is 321 g/mol. The van der Waals surface area contributed by atoms with Crippen LogP contribution in [0.5, 0.6) is 0 Å². The molecule has 0 aliphatic heterocycles. The number of carbonyl (C=O) groups is 1. The summed E-state index contributed by atoms with van der Waals surface area (Å²) in [6.45, 7) is 6.18. The SMILES string of the molecule is C=C[C@@](C)(/C=C/COC(=O)/C=C/Br)c1ccccc1. The number of halogens is 1. The van der Waals surface area contributed by atoms with Crippen molar-refractivity contribution in [3.63, 3.8) is 0 Å². The van der Waals surface area contributed by atoms with Crippen LogP contribution in [0.1, 0.15) is 12.5 Å². The third kappa shape index (κ3) is 4.87. The van der Waals surface area contributed by atoms with Crippen LogP contribution in [0, 0.1) is 0 Å². The first kappa shape index (κ1) is 15.4. The van der Waals surface area contributed by atoms with E-state index >= 15 is 0 Å². The zero-order chi connectivity index (χ0) is 14.1. The van der Waals surface area contributed by atoms with E-state index in [0.29, 0.717) is 0 Å². The smallest absolute Gasteiger partial charge is 0.331 e. The first-order valence-corrected chi connectivity index (χ1v) is 6.84. The minimum Gasteiger partial charge on any atom is -0.458 e. The van der Waals surface area contributed by atoms with Gasteiger partial charge in [0.1, 0.15) is 6.61 Å². The largest absolute Gasteiger partial charge is 0.458 e. The molecule has 19 heavy (non-hydrogen) atoms. The normalized spacial score (nSPS) is 14.4. The first-order valence-electron chi connectivity index (χ1n) is 5.93. The van der Waals surface area contributed by atoms with Crippen molar-refractivity contribution < 1.29 is 9.53 Å². The van der Waals surface area contributed by atoms with Gasteiger partial charge in [0.25, 0.3) is 0 Å². The van der Waals surface area contributed by atoms with Crippen LogP contribution in [-0.2, 0) is 14.9 Å². The monoisotopic (exact) mass is 320 g/mol. The summed E-state index contributed by atoms with van der Waals surface area (Å²) in [7, 11) is 0. The fourth-order valence-electron chi connectivity index (χ4n) is 1.60. The summed E-state index contributed by atoms with van der Waals surface area (Å²) >= 11 is 3.02. The van der Waals surface area contributed by atoms with Crippen molar-refractivity contribution in [2.75, 3.05) is 6.61 Å². The van der Waals surface area contributed by atoms with Crippen LogP contribution in [0.4, 0.5) is 0 Å². The standard InChI is InChI=1S/C16H17BrO2/c1-3-16(2,14-8-5-4-6-9-14)11-7-13-19-15(18)10-12-17/h3-12H,1,13H2,2H3/b11-7+,12-10+/t16-/m0/s1. The Bertz CT molecular complexity index is 477. The number of hydrogen-bond acceptors (Lipinski definition) is 2. The minimum absolute atomic E-state index is 0.242. The molecule has 0 spiro atoms. The molecule has 0 saturated heterocycles. The third-order valence-electron chi connectivity index (χ3n) is 2.80. The van der Waals surface area contributed by atoms with E-state index in [1.54, 1.807) is 0 Å². The molecule has 0 radical (unpaired) electrons. The Hall–Kier alpha value is -1.61. The Morgan fingerprint density at radius 1 is 1.42 bits per heavy atom. The molecule has 0 unspecified atom stereocenters. The van der Waals surface area contributed by atoms with Crippen LogP contribution in [-0.4, -0.2) is 12.6 Å². The molecule has 0 aliphatic carbocycles. The number of allylic oxidation sites excluding steroid dienone is 2. The molecule has 0 aliphatic rings. The zero-order valence-corrected chi connectivity index (χ0v) is 12.5. The van der Waals surface area contributed by atoms with E-state index in [2.05, 4.69) is 29.4 Å². The van der Waals surface area contributed by atoms with Crippen molar-refractivity contribution in [3.8, 4) is 0 Å². The molecule has 1 rings (SSSR count). The molecule has 0 aromatic heterocycles. The van der Waals surface area contributed by atoms with Crippen LogP contribution in [0.15, 0.2) is 66.2 Å². The van der Waals surface area contributed by atoms with Crippen molar-refractivity contribution in [3.05, 3.63) is 71.8 Å². The van der Waals surface area contributed by atoms with E-state index in [1.807, 2.05) is 48.6 Å². The van der Waals surface area contributed by atoms with Crippen LogP contribution >= 0.6 is 15.9 Å². The van der Waals surface area contributed by atoms with Gasteiger partial charge in [-0.2, -0.15) is 0 Å². The number of ether oxygens (including phenoxy) is 1. The second kappa shape index (κ2) is 7.74. The van der Waals surface area contributed by atoms with Gasteiger partial charge in [-0.1, -0.05) is 64.5 Å². The zero-order valence-electron chi connectivity index (χ0n) is 10.9. The highest BCUT2D eigenvalue weighted by Crippen LogP contribution is 2.26. The number of carbonyl (C=O) groups excluding carboxylic acids is 1. The van der Waals surface area contributed by atoms with E-state index in [1.165, 1.54) is 11.1 Å². The molecule has 1 atom stereocenters. The molecule has 0 bridgehead atoms. The first-order chi connectivity index (χ1) is 9.12. The van der Waals surface area contributed by atoms with E-state index in [4.69, 9.17) is 4.74 Å². The second-order valence-corrected chi connectivity index (χ2v) is 4.71. The minimum atomic E-state index is -0.374. The number of benzene rings is 1. The van der Waals surface area contributed by atoms with Gasteiger partial charge in [0.2, 0.25) is 0 Å². The van der Waals surface area contributed by atoms with Gasteiger partial charge in [-0.25, -0.2) is 4.79 Å². The quantitative estimate of drug-likeness (QED) is 0.447. The summed E-state index contributed by atoms with van der Waals surface area (Å²) in [5.74, 6) is -0.374. The van der Waals surface area contributed by atoms with Gasteiger partial charge in [0.05, 0.1) is 0 Å². The number of esters is 1. The topological polar surface area (TPSA) is 26.3 Å². The van der Waals surface area contributed by atoms with E-state index in [-0.39, 0.29) is 18.0 Å². The molecule has 0 fully saturated rings. The molecule has 0 N–H and O–H groups in total. The molecule has 1 aromatic rings. The van der Waals surface area contributed by atoms with Gasteiger partial charge >= 0.3 is 5.97 Å². The van der Waals surface area contributed by atoms with Gasteiger partial charge < -0.3 is 4.74 Å². The molecule has 0 saturated carbocycles. The lowest BCUT2D eigenvalue weighted by Gasteiger charge is -2.22. The van der Waals surface area contributed by atoms with Crippen LogP contribution < -0.4 is 0 Å². The lowest BCUT2D eigenvalue weighted by atomic mass is 9.82. The van der Waals surface area contributed by atoms with Gasteiger partial charge in [-0.05, 0) is 17.5 Å². The number of hydrogen-bond donors (Lipinski definition) is 0. The lowest BCUT2D eigenvalue weighted by Crippen LogP contribution is -2.15. The molecule has 0 heterocycles. The molecular weight excluding hydrogens is 304 g/mol. The maximum atomic E-state index is 11.1. The highest BCUT2D eigenvalue weighted by molar-refractivity contribution is 9.11. The predicted molar refractivity (Wildman–Crippen MR) is 82.2 cm³/mol. The number of rotatable bonds is 6. The van der Waals surface area contributed by atoms with Crippen LogP contribution in [0.3, 0.4) is 0 Å². The van der Waals surface area contributed by atoms with Gasteiger partial charge in [0.15, 0.2) is 0 Å². The van der Waals surface area contributed by atoms with Crippen LogP contribution in [0.2, 0.25) is 0 Å². The Morgan fingerprint density at radius 2 is 2.11 bits per heavy atom. The predicted octanol–water partition coefficient (Wildman–Crippen LogP) is 4.14. The van der Waals surface area contributed by atoms with E-state index in [9.17, 15) is 4.79 Å². The maximum Gasteiger partial charge on any atom is 0.331 e. The summed E-state index contributed by atoms with van der Waals surface area (Å²) < 4.78 is 4.98. The molecule has 0 amide bonds. The second-order valence-electron chi connectivity index (χ2n) is 4.18. The summed E-state index contributed by atoms with van der Waals surface area (Å²) in [5, 5.41) is 0. The fraction of sp³-hybridized carbons (Fsp3) is 0.188. The van der Waals surface area contributed by atoms with Crippen LogP contribution in [0.25, 0.3) is 0 Å². The van der Waals surface area contributed by atoms with Crippen molar-refractivity contribution in [1.29, 1.82) is 0 Å². The Morgan fingerprint density at radius 3 is 2.68 bits per heavy atom. The Kier molecular flexibility index (Phi) is 6.30. The molecule has 3 heteroatoms. The highest BCUT2D eigenvalue weighted by atomic mass is 79.9. The maximum absolute atomic E-state index is 11.1. The third-order valence-corrected chi connectivity index (χ3v) is 3.07. The van der Waals surface area contributed by atoms with Gasteiger partial charge in [0, 0.05) is 11.5 Å². The average Bonchev–Trinajstić information content (AvgIpc) is 2.44. The summed E-state index contributed by atoms with van der Waals surface area (Å²) in [5.41, 5.74) is 0.881. The summed E-state index contributed by atoms with van der Waals surface area (Å²) in [6, 6.07) is 10.1. The van der Waals surface area contributed by atoms with Gasteiger partial charge in [-0.3, -0.25) is 0 Å². The van der Waals surface area contributed by atoms with E-state index in [0.717, 1.165) is 5.56 Å². The van der Waals surface area contributed by atoms with E-state index < -0.39 is 0 Å². The fourth-order valence-corrected chi connectivity index (χ4v) is 1.82. The van der Waals surface area contributed by atoms with Crippen molar-refractivity contribution in [2.45, 2.75) is 12.3 Å².